The molecule has 0 atom stereocenters. The molecule has 0 saturated carbocycles. The number of rotatable bonds is 24. The standard InChI is InChI=1S/C93H88B2I3N5S/c1-7-12-17-63-23-38-71(39-24-63)99(73-46-32-68(96)33-47-73)78-56-87-92-88(57-78)103(77-50-36-70(98)37-51-77)86-61-90-83(60-82(86)94(92)81-55-67(21-16-11-5)31-53-85(81)101(87)75-42-27-65(28-43-75)19-14-9-3)95-80-54-62(6)22-52-84(80)102(76-44-29-66(30-45-76)20-15-10-4)89-58-79(59-91(104-90)93(89)95)100(74-48-34-69(97)35-49-74)72-40-25-64(26-41-72)18-13-8-2/h22-61H,7-21H2,1-6H3. The molecule has 0 unspecified atom stereocenters. The van der Waals surface area contributed by atoms with E-state index in [4.69, 9.17) is 0 Å². The van der Waals surface area contributed by atoms with Gasteiger partial charge in [-0.15, -0.1) is 0 Å². The zero-order valence-electron chi connectivity index (χ0n) is 60.6. The maximum Gasteiger partial charge on any atom is 0.252 e. The van der Waals surface area contributed by atoms with Gasteiger partial charge in [-0.2, -0.15) is 0 Å². The van der Waals surface area contributed by atoms with Crippen molar-refractivity contribution in [3.05, 3.63) is 287 Å². The first-order chi connectivity index (χ1) is 51.0. The van der Waals surface area contributed by atoms with E-state index in [0.29, 0.717) is 0 Å². The number of hydrogen-bond donors (Lipinski definition) is 0. The van der Waals surface area contributed by atoms with Crippen molar-refractivity contribution in [2.24, 2.45) is 0 Å². The highest BCUT2D eigenvalue weighted by Crippen LogP contribution is 2.52. The molecule has 4 heterocycles. The molecule has 104 heavy (non-hydrogen) atoms. The summed E-state index contributed by atoms with van der Waals surface area (Å²) in [5, 5.41) is 0. The Morgan fingerprint density at radius 3 is 1.08 bits per heavy atom. The summed E-state index contributed by atoms with van der Waals surface area (Å²) in [6, 6.07) is 96.0. The molecule has 0 spiro atoms. The summed E-state index contributed by atoms with van der Waals surface area (Å²) in [5.41, 5.74) is 33.8. The first kappa shape index (κ1) is 70.6. The van der Waals surface area contributed by atoms with Crippen molar-refractivity contribution in [3.8, 4) is 0 Å². The Morgan fingerprint density at radius 2 is 0.625 bits per heavy atom. The Kier molecular flexibility index (Phi) is 21.1. The number of unbranched alkanes of at least 4 members (excludes halogenated alkanes) is 5. The van der Waals surface area contributed by atoms with Crippen LogP contribution in [0.15, 0.2) is 252 Å². The van der Waals surface area contributed by atoms with Crippen LogP contribution in [0.3, 0.4) is 0 Å². The SMILES string of the molecule is CCCCc1ccc(N(c2ccc(I)cc2)c2cc3c4c(c2)N(c2ccc(CCCC)cc2)c2ccc(C)cc2B4c2cc4c(cc2S3)N(c2ccc(I)cc2)c2cc(N(c3ccc(I)cc3)c3ccc(CCCC)cc3)cc3c2B4c2cc(CCCC)ccc2N3c2ccc(CCCC)cc2)cc1. The monoisotopic (exact) mass is 1710 g/mol. The lowest BCUT2D eigenvalue weighted by Gasteiger charge is -2.46. The highest BCUT2D eigenvalue weighted by atomic mass is 127. The highest BCUT2D eigenvalue weighted by molar-refractivity contribution is 14.1. The van der Waals surface area contributed by atoms with Gasteiger partial charge in [0.15, 0.2) is 0 Å². The van der Waals surface area contributed by atoms with Crippen molar-refractivity contribution >= 4 is 211 Å². The summed E-state index contributed by atoms with van der Waals surface area (Å²) in [6.07, 6.45) is 16.9. The molecule has 518 valence electrons. The van der Waals surface area contributed by atoms with Crippen LogP contribution < -0.4 is 57.3 Å². The molecule has 12 aromatic rings. The van der Waals surface area contributed by atoms with Gasteiger partial charge in [-0.1, -0.05) is 168 Å². The van der Waals surface area contributed by atoms with Crippen molar-refractivity contribution in [3.63, 3.8) is 0 Å². The second-order valence-electron chi connectivity index (χ2n) is 28.9. The van der Waals surface area contributed by atoms with Crippen LogP contribution in [-0.2, 0) is 32.1 Å². The van der Waals surface area contributed by atoms with Crippen LogP contribution in [0.4, 0.5) is 85.3 Å². The van der Waals surface area contributed by atoms with Gasteiger partial charge in [0.25, 0.3) is 6.71 Å². The second kappa shape index (κ2) is 31.0. The fourth-order valence-electron chi connectivity index (χ4n) is 16.5. The van der Waals surface area contributed by atoms with E-state index in [2.05, 4.69) is 376 Å². The van der Waals surface area contributed by atoms with E-state index in [1.54, 1.807) is 0 Å². The van der Waals surface area contributed by atoms with E-state index in [-0.39, 0.29) is 13.4 Å². The molecule has 0 aromatic heterocycles. The lowest BCUT2D eigenvalue weighted by Crippen LogP contribution is -2.64. The molecule has 0 bridgehead atoms. The fourth-order valence-corrected chi connectivity index (χ4v) is 18.7. The van der Waals surface area contributed by atoms with Crippen molar-refractivity contribution in [2.75, 3.05) is 24.5 Å². The van der Waals surface area contributed by atoms with Crippen LogP contribution in [0, 0.1) is 17.6 Å². The number of aryl methyl sites for hydroxylation is 6. The first-order valence-corrected chi connectivity index (χ1v) is 42.1. The minimum absolute atomic E-state index is 0.0808. The summed E-state index contributed by atoms with van der Waals surface area (Å²) in [6.45, 7) is 13.6. The average molecular weight is 1710 g/mol. The summed E-state index contributed by atoms with van der Waals surface area (Å²) in [5.74, 6) is 0. The molecule has 4 aliphatic rings. The fraction of sp³-hybridized carbons (Fsp3) is 0.226. The van der Waals surface area contributed by atoms with Gasteiger partial charge in [-0.3, -0.25) is 0 Å². The molecular weight excluding hydrogens is 1620 g/mol. The van der Waals surface area contributed by atoms with Gasteiger partial charge >= 0.3 is 0 Å². The minimum atomic E-state index is -0.122. The third-order valence-corrected chi connectivity index (χ3v) is 25.1. The number of nitrogens with zero attached hydrogens (tertiary/aromatic N) is 5. The van der Waals surface area contributed by atoms with E-state index in [0.717, 1.165) is 97.6 Å². The quantitative estimate of drug-likeness (QED) is 0.0440. The summed E-state index contributed by atoms with van der Waals surface area (Å²) < 4.78 is 3.62. The normalized spacial score (nSPS) is 12.9. The Hall–Kier alpha value is -7.69. The number of fused-ring (bicyclic) bond motifs is 8. The lowest BCUT2D eigenvalue weighted by atomic mass is 9.31. The molecule has 0 radical (unpaired) electrons. The summed E-state index contributed by atoms with van der Waals surface area (Å²) in [4.78, 5) is 15.5. The van der Waals surface area contributed by atoms with Crippen molar-refractivity contribution < 1.29 is 0 Å². The van der Waals surface area contributed by atoms with Gasteiger partial charge in [0.1, 0.15) is 0 Å². The lowest BCUT2D eigenvalue weighted by molar-refractivity contribution is 0.795. The Morgan fingerprint density at radius 1 is 0.288 bits per heavy atom. The molecule has 12 aromatic carbocycles. The third kappa shape index (κ3) is 13.8. The number of anilines is 15. The molecule has 5 nitrogen and oxygen atoms in total. The molecular formula is C93H88B2I3N5S. The number of halogens is 3. The second-order valence-corrected chi connectivity index (χ2v) is 33.8. The molecule has 0 amide bonds. The number of benzene rings is 12. The van der Waals surface area contributed by atoms with E-state index in [1.807, 2.05) is 11.8 Å². The van der Waals surface area contributed by atoms with Gasteiger partial charge in [0, 0.05) is 100 Å². The Labute approximate surface area is 663 Å². The van der Waals surface area contributed by atoms with E-state index < -0.39 is 0 Å². The largest absolute Gasteiger partial charge is 0.311 e. The maximum atomic E-state index is 2.72. The van der Waals surface area contributed by atoms with E-state index in [9.17, 15) is 0 Å². The third-order valence-electron chi connectivity index (χ3n) is 21.8. The predicted octanol–water partition coefficient (Wildman–Crippen LogP) is 24.3. The van der Waals surface area contributed by atoms with Crippen LogP contribution in [0.25, 0.3) is 0 Å². The molecule has 0 aliphatic carbocycles. The zero-order chi connectivity index (χ0) is 71.1. The summed E-state index contributed by atoms with van der Waals surface area (Å²) >= 11 is 9.38. The highest BCUT2D eigenvalue weighted by Gasteiger charge is 2.48. The predicted molar refractivity (Wildman–Crippen MR) is 476 cm³/mol. The van der Waals surface area contributed by atoms with Crippen LogP contribution >= 0.6 is 79.5 Å². The van der Waals surface area contributed by atoms with Gasteiger partial charge in [-0.05, 0) is 358 Å². The smallest absolute Gasteiger partial charge is 0.252 e. The Bertz CT molecular complexity index is 5110. The van der Waals surface area contributed by atoms with E-state index >= 15 is 0 Å². The van der Waals surface area contributed by atoms with Crippen LogP contribution in [0.5, 0.6) is 0 Å². The molecule has 11 heteroatoms. The average Bonchev–Trinajstić information content (AvgIpc) is 0.688. The van der Waals surface area contributed by atoms with Crippen molar-refractivity contribution in [2.45, 2.75) is 148 Å². The maximum absolute atomic E-state index is 2.72. The molecule has 16 rings (SSSR count). The van der Waals surface area contributed by atoms with Gasteiger partial charge in [0.05, 0.1) is 5.69 Å². The van der Waals surface area contributed by atoms with Gasteiger partial charge < -0.3 is 24.5 Å². The first-order valence-electron chi connectivity index (χ1n) is 38.1. The molecule has 4 aliphatic heterocycles. The summed E-state index contributed by atoms with van der Waals surface area (Å²) in [7, 11) is 0. The van der Waals surface area contributed by atoms with Crippen LogP contribution in [-0.4, -0.2) is 13.4 Å². The van der Waals surface area contributed by atoms with Crippen LogP contribution in [0.2, 0.25) is 0 Å². The molecule has 0 fully saturated rings. The van der Waals surface area contributed by atoms with Gasteiger partial charge in [-0.25, -0.2) is 0 Å². The zero-order valence-corrected chi connectivity index (χ0v) is 67.9. The molecule has 0 N–H and O–H groups in total. The number of hydrogen-bond acceptors (Lipinski definition) is 6. The Balaban J connectivity index is 0.977. The van der Waals surface area contributed by atoms with Crippen LogP contribution in [0.1, 0.15) is 132 Å². The van der Waals surface area contributed by atoms with E-state index in [1.165, 1.54) is 171 Å². The van der Waals surface area contributed by atoms with Crippen molar-refractivity contribution in [1.82, 2.24) is 0 Å². The minimum Gasteiger partial charge on any atom is -0.311 e. The molecule has 0 saturated heterocycles. The topological polar surface area (TPSA) is 16.2 Å². The van der Waals surface area contributed by atoms with Crippen molar-refractivity contribution in [1.29, 1.82) is 0 Å². The van der Waals surface area contributed by atoms with Gasteiger partial charge in [0.2, 0.25) is 6.71 Å².